The second-order valence-corrected chi connectivity index (χ2v) is 8.36. The first-order valence-corrected chi connectivity index (χ1v) is 11.1. The van der Waals surface area contributed by atoms with E-state index in [4.69, 9.17) is 9.47 Å². The third-order valence-electron chi connectivity index (χ3n) is 6.34. The van der Waals surface area contributed by atoms with Gasteiger partial charge in [-0.2, -0.15) is 0 Å². The molecule has 2 aliphatic heterocycles. The first-order valence-electron chi connectivity index (χ1n) is 11.1. The Morgan fingerprint density at radius 1 is 0.828 bits per heavy atom. The van der Waals surface area contributed by atoms with Gasteiger partial charge in [-0.15, -0.1) is 0 Å². The van der Waals surface area contributed by atoms with E-state index in [9.17, 15) is 0 Å². The van der Waals surface area contributed by atoms with Crippen molar-refractivity contribution < 1.29 is 9.47 Å². The van der Waals surface area contributed by atoms with E-state index in [1.165, 1.54) is 63.8 Å². The van der Waals surface area contributed by atoms with Crippen molar-refractivity contribution in [2.75, 3.05) is 33.3 Å². The number of ether oxygens (including phenoxy) is 2. The van der Waals surface area contributed by atoms with Crippen molar-refractivity contribution in [2.45, 2.75) is 51.3 Å². The van der Waals surface area contributed by atoms with E-state index in [0.29, 0.717) is 6.61 Å². The topological polar surface area (TPSA) is 24.9 Å². The average Bonchev–Trinajstić information content (AvgIpc) is 2.80. The molecule has 0 aromatic heterocycles. The summed E-state index contributed by atoms with van der Waals surface area (Å²) >= 11 is 0. The highest BCUT2D eigenvalue weighted by Gasteiger charge is 2.25. The molecule has 0 N–H and O–H groups in total. The minimum absolute atomic E-state index is 0.556. The highest BCUT2D eigenvalue weighted by Crippen LogP contribution is 2.30. The lowest BCUT2D eigenvalue weighted by molar-refractivity contribution is 0.0896. The van der Waals surface area contributed by atoms with Crippen LogP contribution in [0, 0.1) is 0 Å². The van der Waals surface area contributed by atoms with Crippen molar-refractivity contribution in [1.29, 1.82) is 0 Å². The van der Waals surface area contributed by atoms with E-state index in [1.807, 2.05) is 18.2 Å². The maximum absolute atomic E-state index is 6.00. The molecule has 2 fully saturated rings. The maximum Gasteiger partial charge on any atom is 0.161 e. The van der Waals surface area contributed by atoms with E-state index in [2.05, 4.69) is 40.1 Å². The molecule has 0 spiro atoms. The minimum atomic E-state index is 0.556. The Balaban J connectivity index is 1.30. The molecule has 4 rings (SSSR count). The Labute approximate surface area is 175 Å². The molecule has 2 heterocycles. The monoisotopic (exact) mass is 394 g/mol. The summed E-state index contributed by atoms with van der Waals surface area (Å²) in [5, 5.41) is 0. The van der Waals surface area contributed by atoms with Crippen LogP contribution in [-0.4, -0.2) is 49.1 Å². The summed E-state index contributed by atoms with van der Waals surface area (Å²) in [6.45, 7) is 6.55. The molecular weight excluding hydrogens is 360 g/mol. The van der Waals surface area contributed by atoms with Crippen molar-refractivity contribution >= 4 is 0 Å². The Bertz CT molecular complexity index is 751. The number of rotatable bonds is 7. The molecule has 2 aromatic rings. The Morgan fingerprint density at radius 2 is 1.59 bits per heavy atom. The molecule has 2 aliphatic rings. The van der Waals surface area contributed by atoms with Crippen molar-refractivity contribution in [2.24, 2.45) is 0 Å². The van der Waals surface area contributed by atoms with Gasteiger partial charge in [0.25, 0.3) is 0 Å². The number of methoxy groups -OCH3 is 1. The molecule has 0 amide bonds. The lowest BCUT2D eigenvalue weighted by Gasteiger charge is -2.40. The summed E-state index contributed by atoms with van der Waals surface area (Å²) in [7, 11) is 1.72. The first-order chi connectivity index (χ1) is 14.3. The standard InChI is InChI=1S/C25H34N2O2/c1-28-25-18-22(10-11-24(25)29-20-21-8-4-2-5-9-21)19-26-16-12-23(13-17-26)27-14-6-3-7-15-27/h2,4-5,8-11,18,23H,3,6-7,12-17,19-20H2,1H3. The smallest absolute Gasteiger partial charge is 0.161 e. The van der Waals surface area contributed by atoms with Crippen molar-refractivity contribution in [3.8, 4) is 11.5 Å². The van der Waals surface area contributed by atoms with Crippen molar-refractivity contribution in [1.82, 2.24) is 9.80 Å². The van der Waals surface area contributed by atoms with Gasteiger partial charge in [0.05, 0.1) is 7.11 Å². The van der Waals surface area contributed by atoms with Gasteiger partial charge in [0.1, 0.15) is 6.61 Å². The summed E-state index contributed by atoms with van der Waals surface area (Å²) in [5.41, 5.74) is 2.46. The van der Waals surface area contributed by atoms with E-state index in [1.54, 1.807) is 7.11 Å². The fourth-order valence-corrected chi connectivity index (χ4v) is 4.65. The molecule has 156 valence electrons. The molecule has 0 unspecified atom stereocenters. The maximum atomic E-state index is 6.00. The van der Waals surface area contributed by atoms with E-state index >= 15 is 0 Å². The summed E-state index contributed by atoms with van der Waals surface area (Å²) in [6.07, 6.45) is 6.80. The average molecular weight is 395 g/mol. The molecule has 0 aliphatic carbocycles. The zero-order chi connectivity index (χ0) is 19.9. The molecule has 2 saturated heterocycles. The van der Waals surface area contributed by atoms with Gasteiger partial charge in [-0.05, 0) is 75.1 Å². The summed E-state index contributed by atoms with van der Waals surface area (Å²) in [6, 6.07) is 17.4. The van der Waals surface area contributed by atoms with Crippen LogP contribution in [0.3, 0.4) is 0 Å². The first kappa shape index (κ1) is 20.2. The normalized spacial score (nSPS) is 19.2. The van der Waals surface area contributed by atoms with E-state index < -0.39 is 0 Å². The summed E-state index contributed by atoms with van der Waals surface area (Å²) in [4.78, 5) is 5.32. The van der Waals surface area contributed by atoms with Crippen molar-refractivity contribution in [3.05, 3.63) is 59.7 Å². The lowest BCUT2D eigenvalue weighted by Crippen LogP contribution is -2.46. The molecule has 0 radical (unpaired) electrons. The van der Waals surface area contributed by atoms with Crippen LogP contribution in [-0.2, 0) is 13.2 Å². The fourth-order valence-electron chi connectivity index (χ4n) is 4.65. The molecule has 0 bridgehead atoms. The van der Waals surface area contributed by atoms with Crippen molar-refractivity contribution in [3.63, 3.8) is 0 Å². The molecule has 4 nitrogen and oxygen atoms in total. The number of hydrogen-bond donors (Lipinski definition) is 0. The second-order valence-electron chi connectivity index (χ2n) is 8.36. The highest BCUT2D eigenvalue weighted by molar-refractivity contribution is 5.43. The predicted octanol–water partition coefficient (Wildman–Crippen LogP) is 4.72. The van der Waals surface area contributed by atoms with Crippen LogP contribution < -0.4 is 9.47 Å². The molecule has 0 saturated carbocycles. The number of benzene rings is 2. The van der Waals surface area contributed by atoms with Crippen LogP contribution in [0.1, 0.15) is 43.2 Å². The zero-order valence-corrected chi connectivity index (χ0v) is 17.7. The summed E-state index contributed by atoms with van der Waals surface area (Å²) < 4.78 is 11.6. The van der Waals surface area contributed by atoms with Crippen LogP contribution in [0.15, 0.2) is 48.5 Å². The van der Waals surface area contributed by atoms with Crippen LogP contribution in [0.25, 0.3) is 0 Å². The fraction of sp³-hybridized carbons (Fsp3) is 0.520. The van der Waals surface area contributed by atoms with Gasteiger partial charge in [-0.3, -0.25) is 4.90 Å². The number of piperidine rings is 2. The van der Waals surface area contributed by atoms with Crippen LogP contribution >= 0.6 is 0 Å². The molecule has 4 heteroatoms. The predicted molar refractivity (Wildman–Crippen MR) is 117 cm³/mol. The van der Waals surface area contributed by atoms with E-state index in [-0.39, 0.29) is 0 Å². The Morgan fingerprint density at radius 3 is 2.31 bits per heavy atom. The molecule has 29 heavy (non-hydrogen) atoms. The number of nitrogens with zero attached hydrogens (tertiary/aromatic N) is 2. The third-order valence-corrected chi connectivity index (χ3v) is 6.34. The van der Waals surface area contributed by atoms with Gasteiger partial charge >= 0.3 is 0 Å². The van der Waals surface area contributed by atoms with Crippen LogP contribution in [0.4, 0.5) is 0 Å². The van der Waals surface area contributed by atoms with Gasteiger partial charge in [0.15, 0.2) is 11.5 Å². The summed E-state index contributed by atoms with van der Waals surface area (Å²) in [5.74, 6) is 1.63. The SMILES string of the molecule is COc1cc(CN2CCC(N3CCCCC3)CC2)ccc1OCc1ccccc1. The van der Waals surface area contributed by atoms with Gasteiger partial charge in [0.2, 0.25) is 0 Å². The van der Waals surface area contributed by atoms with Gasteiger partial charge in [-0.25, -0.2) is 0 Å². The van der Waals surface area contributed by atoms with Crippen LogP contribution in [0.2, 0.25) is 0 Å². The number of hydrogen-bond acceptors (Lipinski definition) is 4. The highest BCUT2D eigenvalue weighted by atomic mass is 16.5. The quantitative estimate of drug-likeness (QED) is 0.678. The second kappa shape index (κ2) is 10.1. The van der Waals surface area contributed by atoms with E-state index in [0.717, 1.165) is 29.6 Å². The minimum Gasteiger partial charge on any atom is -0.493 e. The van der Waals surface area contributed by atoms with Crippen LogP contribution in [0.5, 0.6) is 11.5 Å². The van der Waals surface area contributed by atoms with Gasteiger partial charge < -0.3 is 14.4 Å². The largest absolute Gasteiger partial charge is 0.493 e. The molecule has 2 aromatic carbocycles. The Hall–Kier alpha value is -2.04. The third kappa shape index (κ3) is 5.52. The number of likely N-dealkylation sites (tertiary alicyclic amines) is 2. The van der Waals surface area contributed by atoms with Gasteiger partial charge in [-0.1, -0.05) is 42.8 Å². The lowest BCUT2D eigenvalue weighted by atomic mass is 9.99. The molecular formula is C25H34N2O2. The van der Waals surface area contributed by atoms with Gasteiger partial charge in [0, 0.05) is 12.6 Å². The zero-order valence-electron chi connectivity index (χ0n) is 17.7. The Kier molecular flexibility index (Phi) is 7.07. The molecule has 0 atom stereocenters.